The van der Waals surface area contributed by atoms with E-state index in [1.54, 1.807) is 0 Å². The third-order valence-corrected chi connectivity index (χ3v) is 10.5. The molecule has 2 aliphatic heterocycles. The van der Waals surface area contributed by atoms with Crippen LogP contribution in [0.5, 0.6) is 0 Å². The zero-order valence-corrected chi connectivity index (χ0v) is 25.5. The molecule has 0 unspecified atom stereocenters. The summed E-state index contributed by atoms with van der Waals surface area (Å²) >= 11 is 1.95. The Labute approximate surface area is 248 Å². The van der Waals surface area contributed by atoms with E-state index in [0.29, 0.717) is 0 Å². The minimum atomic E-state index is 1.03. The highest BCUT2D eigenvalue weighted by Crippen LogP contribution is 2.44. The van der Waals surface area contributed by atoms with Crippen LogP contribution in [0, 0.1) is 13.8 Å². The summed E-state index contributed by atoms with van der Waals surface area (Å²) in [5.74, 6) is 0. The fraction of sp³-hybridized carbons (Fsp3) is 0.316. The van der Waals surface area contributed by atoms with E-state index in [2.05, 4.69) is 109 Å². The Morgan fingerprint density at radius 2 is 1.56 bits per heavy atom. The Balaban J connectivity index is 1.32. The van der Waals surface area contributed by atoms with Crippen molar-refractivity contribution in [2.75, 3.05) is 0 Å². The van der Waals surface area contributed by atoms with E-state index in [1.165, 1.54) is 103 Å². The number of unbranched alkanes of at least 4 members (excludes halogenated alkanes) is 3. The van der Waals surface area contributed by atoms with Crippen LogP contribution in [0.25, 0.3) is 45.4 Å². The summed E-state index contributed by atoms with van der Waals surface area (Å²) in [6.07, 6.45) is 17.9. The highest BCUT2D eigenvalue weighted by Gasteiger charge is 2.37. The van der Waals surface area contributed by atoms with Gasteiger partial charge in [-0.3, -0.25) is 0 Å². The van der Waals surface area contributed by atoms with Crippen LogP contribution >= 0.6 is 11.3 Å². The third kappa shape index (κ3) is 4.75. The molecular weight excluding hydrogens is 516 g/mol. The van der Waals surface area contributed by atoms with Crippen LogP contribution in [0.2, 0.25) is 0 Å². The molecule has 5 heterocycles. The van der Waals surface area contributed by atoms with Crippen LogP contribution < -0.4 is 9.13 Å². The maximum Gasteiger partial charge on any atom is 0.221 e. The minimum absolute atomic E-state index is 1.03. The highest BCUT2D eigenvalue weighted by molar-refractivity contribution is 7.12. The number of hydrogen-bond acceptors (Lipinski definition) is 1. The van der Waals surface area contributed by atoms with E-state index in [9.17, 15) is 0 Å². The first kappa shape index (κ1) is 26.3. The van der Waals surface area contributed by atoms with Gasteiger partial charge in [0.15, 0.2) is 25.5 Å². The van der Waals surface area contributed by atoms with Gasteiger partial charge in [-0.15, -0.1) is 11.3 Å². The summed E-state index contributed by atoms with van der Waals surface area (Å²) in [5, 5.41) is 2.68. The Bertz CT molecular complexity index is 1810. The predicted octanol–water partition coefficient (Wildman–Crippen LogP) is 8.83. The number of fused-ring (bicyclic) bond motifs is 9. The molecule has 7 rings (SSSR count). The summed E-state index contributed by atoms with van der Waals surface area (Å²) in [7, 11) is 0. The molecule has 5 aromatic rings. The molecule has 0 amide bonds. The standard InChI is InChI=1S/C38H40N2S/c1-4-5-6-7-11-30-15-16-31(41-30)14-13-28-17-21-39-23-19-32-26(2)27(3)33-20-24-40-22-18-29-10-8-9-12-34(29)38(40)37(33)36(32)35(39)25-28/h8-10,12-18,21-22,25H,4-7,11,19-20,23-24H2,1-3H3/q+2/b14-13+. The lowest BCUT2D eigenvalue weighted by atomic mass is 9.79. The van der Waals surface area contributed by atoms with Crippen molar-refractivity contribution in [1.82, 2.24) is 0 Å². The second-order valence-electron chi connectivity index (χ2n) is 11.9. The Hall–Kier alpha value is -3.56. The van der Waals surface area contributed by atoms with Crippen LogP contribution in [-0.2, 0) is 32.4 Å². The second-order valence-corrected chi connectivity index (χ2v) is 13.1. The number of thiophene rings is 1. The zero-order chi connectivity index (χ0) is 27.9. The van der Waals surface area contributed by atoms with Crippen LogP contribution in [0.4, 0.5) is 0 Å². The number of benzene rings is 2. The van der Waals surface area contributed by atoms with Gasteiger partial charge in [-0.05, 0) is 84.2 Å². The van der Waals surface area contributed by atoms with Crippen LogP contribution in [-0.4, -0.2) is 0 Å². The van der Waals surface area contributed by atoms with E-state index in [0.717, 1.165) is 25.9 Å². The van der Waals surface area contributed by atoms with E-state index in [4.69, 9.17) is 0 Å². The molecule has 0 bridgehead atoms. The molecule has 0 saturated carbocycles. The first-order chi connectivity index (χ1) is 20.1. The lowest BCUT2D eigenvalue weighted by Gasteiger charge is -2.27. The van der Waals surface area contributed by atoms with Crippen LogP contribution in [0.15, 0.2) is 67.0 Å². The predicted molar refractivity (Wildman–Crippen MR) is 173 cm³/mol. The molecule has 0 fully saturated rings. The first-order valence-corrected chi connectivity index (χ1v) is 16.3. The molecule has 0 radical (unpaired) electrons. The monoisotopic (exact) mass is 556 g/mol. The van der Waals surface area contributed by atoms with Gasteiger partial charge >= 0.3 is 0 Å². The van der Waals surface area contributed by atoms with Crippen molar-refractivity contribution in [3.05, 3.63) is 105 Å². The molecule has 0 spiro atoms. The minimum Gasteiger partial charge on any atom is -0.198 e. The maximum absolute atomic E-state index is 2.50. The SMILES string of the molecule is CCCCCCc1ccc(/C=C/c2cc[n+]3c(c2)-c2c(c(C)c(C)c4c2-c2c5ccccc5cc[n+]2CC4)CC3)s1. The van der Waals surface area contributed by atoms with Gasteiger partial charge in [0.2, 0.25) is 11.4 Å². The molecule has 206 valence electrons. The van der Waals surface area contributed by atoms with Crippen molar-refractivity contribution in [3.8, 4) is 22.5 Å². The smallest absolute Gasteiger partial charge is 0.198 e. The molecule has 0 aliphatic carbocycles. The quantitative estimate of drug-likeness (QED) is 0.140. The number of hydrogen-bond donors (Lipinski definition) is 0. The summed E-state index contributed by atoms with van der Waals surface area (Å²) in [5.41, 5.74) is 13.0. The molecule has 2 aromatic carbocycles. The Morgan fingerprint density at radius 3 is 2.41 bits per heavy atom. The normalized spacial score (nSPS) is 13.7. The van der Waals surface area contributed by atoms with Gasteiger partial charge in [0, 0.05) is 40.8 Å². The Kier molecular flexibility index (Phi) is 7.08. The lowest BCUT2D eigenvalue weighted by Crippen LogP contribution is -2.43. The van der Waals surface area contributed by atoms with Gasteiger partial charge in [-0.1, -0.05) is 50.5 Å². The van der Waals surface area contributed by atoms with Gasteiger partial charge in [-0.25, -0.2) is 0 Å². The topological polar surface area (TPSA) is 7.76 Å². The summed E-state index contributed by atoms with van der Waals surface area (Å²) in [6.45, 7) is 9.07. The third-order valence-electron chi connectivity index (χ3n) is 9.42. The van der Waals surface area contributed by atoms with Gasteiger partial charge in [0.05, 0.1) is 16.5 Å². The number of aromatic nitrogens is 2. The highest BCUT2D eigenvalue weighted by atomic mass is 32.1. The molecule has 0 saturated heterocycles. The molecule has 41 heavy (non-hydrogen) atoms. The first-order valence-electron chi connectivity index (χ1n) is 15.5. The summed E-state index contributed by atoms with van der Waals surface area (Å²) < 4.78 is 4.98. The number of rotatable bonds is 7. The van der Waals surface area contributed by atoms with Crippen molar-refractivity contribution >= 4 is 34.3 Å². The van der Waals surface area contributed by atoms with E-state index in [-0.39, 0.29) is 0 Å². The molecule has 0 atom stereocenters. The van der Waals surface area contributed by atoms with Gasteiger partial charge in [-0.2, -0.15) is 9.13 Å². The van der Waals surface area contributed by atoms with Crippen molar-refractivity contribution < 1.29 is 9.13 Å². The average molecular weight is 557 g/mol. The number of nitrogens with zero attached hydrogens (tertiary/aromatic N) is 2. The molecule has 3 heteroatoms. The molecule has 2 nitrogen and oxygen atoms in total. The fourth-order valence-corrected chi connectivity index (χ4v) is 8.02. The molecular formula is C38H40N2S+2. The van der Waals surface area contributed by atoms with Crippen molar-refractivity contribution in [1.29, 1.82) is 0 Å². The van der Waals surface area contributed by atoms with Crippen LogP contribution in [0.3, 0.4) is 0 Å². The summed E-state index contributed by atoms with van der Waals surface area (Å²) in [4.78, 5) is 2.86. The Morgan fingerprint density at radius 1 is 0.780 bits per heavy atom. The average Bonchev–Trinajstić information content (AvgIpc) is 3.47. The number of pyridine rings is 2. The van der Waals surface area contributed by atoms with E-state index < -0.39 is 0 Å². The largest absolute Gasteiger partial charge is 0.221 e. The molecule has 3 aromatic heterocycles. The fourth-order valence-electron chi connectivity index (χ4n) is 7.07. The van der Waals surface area contributed by atoms with Crippen LogP contribution in [0.1, 0.15) is 70.2 Å². The summed E-state index contributed by atoms with van der Waals surface area (Å²) in [6, 6.07) is 20.5. The van der Waals surface area contributed by atoms with Gasteiger partial charge < -0.3 is 0 Å². The van der Waals surface area contributed by atoms with Crippen molar-refractivity contribution in [3.63, 3.8) is 0 Å². The van der Waals surface area contributed by atoms with Crippen molar-refractivity contribution in [2.45, 2.75) is 78.8 Å². The second kappa shape index (κ2) is 11.0. The maximum atomic E-state index is 2.50. The zero-order valence-electron chi connectivity index (χ0n) is 24.7. The van der Waals surface area contributed by atoms with Crippen molar-refractivity contribution in [2.24, 2.45) is 0 Å². The number of aryl methyl sites for hydroxylation is 3. The van der Waals surface area contributed by atoms with E-state index in [1.807, 2.05) is 11.3 Å². The van der Waals surface area contributed by atoms with E-state index >= 15 is 0 Å². The van der Waals surface area contributed by atoms with Gasteiger partial charge in [0.1, 0.15) is 0 Å². The molecule has 0 N–H and O–H groups in total. The molecule has 2 aliphatic rings. The van der Waals surface area contributed by atoms with Gasteiger partial charge in [0.25, 0.3) is 0 Å². The lowest BCUT2D eigenvalue weighted by molar-refractivity contribution is -0.689.